The fraction of sp³-hybridized carbons (Fsp3) is 0.125. The van der Waals surface area contributed by atoms with E-state index in [9.17, 15) is 14.9 Å². The van der Waals surface area contributed by atoms with E-state index >= 15 is 0 Å². The monoisotopic (exact) mass is 312 g/mol. The quantitative estimate of drug-likeness (QED) is 0.338. The van der Waals surface area contributed by atoms with Gasteiger partial charge in [0.15, 0.2) is 0 Å². The lowest BCUT2D eigenvalue weighted by Crippen LogP contribution is -2.23. The fourth-order valence-electron chi connectivity index (χ4n) is 2.11. The molecule has 0 atom stereocenters. The van der Waals surface area contributed by atoms with Gasteiger partial charge in [0.25, 0.3) is 11.6 Å². The molecule has 0 aliphatic rings. The number of benzene rings is 2. The van der Waals surface area contributed by atoms with E-state index in [1.54, 1.807) is 18.2 Å². The zero-order chi connectivity index (χ0) is 17.0. The Hall–Kier alpha value is -3.22. The molecule has 1 amide bonds. The van der Waals surface area contributed by atoms with Gasteiger partial charge in [-0.05, 0) is 25.1 Å². The molecular formula is C16H16N4O3. The Bertz CT molecular complexity index is 787. The highest BCUT2D eigenvalue weighted by molar-refractivity contribution is 5.96. The predicted molar refractivity (Wildman–Crippen MR) is 86.5 cm³/mol. The molecule has 0 fully saturated rings. The summed E-state index contributed by atoms with van der Waals surface area (Å²) in [6.07, 6.45) is 0. The molecule has 118 valence electrons. The van der Waals surface area contributed by atoms with Crippen molar-refractivity contribution in [1.82, 2.24) is 5.32 Å². The Morgan fingerprint density at radius 1 is 1.26 bits per heavy atom. The molecule has 7 heteroatoms. The standard InChI is InChI=1S/C16H16N4O3/c1-10-3-2-4-12(7-10)16(21)19-9-13-6-5-11(15(17)18)8-14(13)20(22)23/h2-8H,9H2,1H3,(H3,17,18)(H,19,21). The second-order valence-corrected chi connectivity index (χ2v) is 5.07. The summed E-state index contributed by atoms with van der Waals surface area (Å²) in [4.78, 5) is 22.7. The summed E-state index contributed by atoms with van der Waals surface area (Å²) >= 11 is 0. The topological polar surface area (TPSA) is 122 Å². The number of carbonyl (C=O) groups excluding carboxylic acids is 1. The van der Waals surface area contributed by atoms with Crippen molar-refractivity contribution < 1.29 is 9.72 Å². The number of hydrogen-bond donors (Lipinski definition) is 3. The van der Waals surface area contributed by atoms with Crippen molar-refractivity contribution in [2.75, 3.05) is 0 Å². The van der Waals surface area contributed by atoms with Gasteiger partial charge in [0.1, 0.15) is 5.84 Å². The van der Waals surface area contributed by atoms with Crippen molar-refractivity contribution in [3.05, 3.63) is 74.8 Å². The largest absolute Gasteiger partial charge is 0.384 e. The first kappa shape index (κ1) is 16.2. The van der Waals surface area contributed by atoms with E-state index in [4.69, 9.17) is 11.1 Å². The number of nitrogens with two attached hydrogens (primary N) is 1. The molecule has 7 nitrogen and oxygen atoms in total. The average Bonchev–Trinajstić information content (AvgIpc) is 2.52. The molecular weight excluding hydrogens is 296 g/mol. The van der Waals surface area contributed by atoms with Gasteiger partial charge in [0.05, 0.1) is 4.92 Å². The Labute approximate surface area is 132 Å². The molecule has 0 aromatic heterocycles. The van der Waals surface area contributed by atoms with Crippen molar-refractivity contribution in [1.29, 1.82) is 5.41 Å². The minimum absolute atomic E-state index is 0.0152. The number of nitro groups is 1. The van der Waals surface area contributed by atoms with E-state index in [0.717, 1.165) is 5.56 Å². The number of amides is 1. The highest BCUT2D eigenvalue weighted by Gasteiger charge is 2.16. The van der Waals surface area contributed by atoms with Gasteiger partial charge in [-0.1, -0.05) is 23.8 Å². The lowest BCUT2D eigenvalue weighted by molar-refractivity contribution is -0.385. The summed E-state index contributed by atoms with van der Waals surface area (Å²) in [7, 11) is 0. The number of rotatable bonds is 5. The third-order valence-electron chi connectivity index (χ3n) is 3.31. The number of aryl methyl sites for hydroxylation is 1. The molecule has 2 aromatic carbocycles. The maximum Gasteiger partial charge on any atom is 0.275 e. The molecule has 23 heavy (non-hydrogen) atoms. The lowest BCUT2D eigenvalue weighted by atomic mass is 10.1. The van der Waals surface area contributed by atoms with Crippen LogP contribution < -0.4 is 11.1 Å². The van der Waals surface area contributed by atoms with E-state index < -0.39 is 4.92 Å². The Morgan fingerprint density at radius 2 is 2.00 bits per heavy atom. The molecule has 0 spiro atoms. The van der Waals surface area contributed by atoms with E-state index in [1.165, 1.54) is 18.2 Å². The summed E-state index contributed by atoms with van der Waals surface area (Å²) in [6, 6.07) is 11.3. The Balaban J connectivity index is 2.18. The van der Waals surface area contributed by atoms with Crippen LogP contribution in [0.2, 0.25) is 0 Å². The maximum absolute atomic E-state index is 12.1. The molecule has 2 aromatic rings. The normalized spacial score (nSPS) is 10.1. The fourth-order valence-corrected chi connectivity index (χ4v) is 2.11. The van der Waals surface area contributed by atoms with Crippen LogP contribution in [-0.4, -0.2) is 16.7 Å². The van der Waals surface area contributed by atoms with E-state index in [1.807, 2.05) is 13.0 Å². The summed E-state index contributed by atoms with van der Waals surface area (Å²) in [6.45, 7) is 1.89. The smallest absolute Gasteiger partial charge is 0.275 e. The van der Waals surface area contributed by atoms with Gasteiger partial charge in [-0.25, -0.2) is 0 Å². The Morgan fingerprint density at radius 3 is 2.61 bits per heavy atom. The number of nitrogen functional groups attached to an aromatic ring is 1. The van der Waals surface area contributed by atoms with Gasteiger partial charge in [-0.3, -0.25) is 20.3 Å². The molecule has 0 aliphatic heterocycles. The summed E-state index contributed by atoms with van der Waals surface area (Å²) in [5, 5.41) is 21.1. The zero-order valence-corrected chi connectivity index (χ0v) is 12.5. The van der Waals surface area contributed by atoms with E-state index in [0.29, 0.717) is 11.1 Å². The number of amidine groups is 1. The van der Waals surface area contributed by atoms with Crippen LogP contribution in [0.15, 0.2) is 42.5 Å². The zero-order valence-electron chi connectivity index (χ0n) is 12.5. The van der Waals surface area contributed by atoms with Crippen molar-refractivity contribution in [2.24, 2.45) is 5.73 Å². The summed E-state index contributed by atoms with van der Waals surface area (Å²) in [5.74, 6) is -0.554. The Kier molecular flexibility index (Phi) is 4.70. The minimum Gasteiger partial charge on any atom is -0.384 e. The first-order valence-corrected chi connectivity index (χ1v) is 6.85. The molecule has 0 radical (unpaired) electrons. The number of hydrogen-bond acceptors (Lipinski definition) is 4. The van der Waals surface area contributed by atoms with Gasteiger partial charge in [0.2, 0.25) is 0 Å². The van der Waals surface area contributed by atoms with Gasteiger partial charge >= 0.3 is 0 Å². The van der Waals surface area contributed by atoms with Crippen LogP contribution >= 0.6 is 0 Å². The molecule has 0 aliphatic carbocycles. The van der Waals surface area contributed by atoms with Gasteiger partial charge in [-0.2, -0.15) is 0 Å². The summed E-state index contributed by atoms with van der Waals surface area (Å²) < 4.78 is 0. The van der Waals surface area contributed by atoms with Gasteiger partial charge in [0, 0.05) is 29.3 Å². The van der Waals surface area contributed by atoms with Crippen LogP contribution in [0, 0.1) is 22.4 Å². The van der Waals surface area contributed by atoms with Crippen LogP contribution in [0.4, 0.5) is 5.69 Å². The number of carbonyl (C=O) groups is 1. The van der Waals surface area contributed by atoms with Gasteiger partial charge in [-0.15, -0.1) is 0 Å². The van der Waals surface area contributed by atoms with E-state index in [-0.39, 0.29) is 29.5 Å². The molecule has 0 bridgehead atoms. The molecule has 0 unspecified atom stereocenters. The van der Waals surface area contributed by atoms with Crippen molar-refractivity contribution in [3.63, 3.8) is 0 Å². The van der Waals surface area contributed by atoms with Crippen LogP contribution in [0.25, 0.3) is 0 Å². The van der Waals surface area contributed by atoms with Crippen LogP contribution in [-0.2, 0) is 6.54 Å². The van der Waals surface area contributed by atoms with Crippen molar-refractivity contribution >= 4 is 17.4 Å². The lowest BCUT2D eigenvalue weighted by Gasteiger charge is -2.08. The van der Waals surface area contributed by atoms with Gasteiger partial charge < -0.3 is 11.1 Å². The molecule has 0 saturated heterocycles. The number of nitro benzene ring substituents is 1. The molecule has 2 rings (SSSR count). The SMILES string of the molecule is Cc1cccc(C(=O)NCc2ccc(C(=N)N)cc2[N+](=O)[O-])c1. The second kappa shape index (κ2) is 6.69. The molecule has 0 saturated carbocycles. The number of nitrogens with one attached hydrogen (secondary N) is 2. The van der Waals surface area contributed by atoms with E-state index in [2.05, 4.69) is 5.32 Å². The second-order valence-electron chi connectivity index (χ2n) is 5.07. The highest BCUT2D eigenvalue weighted by atomic mass is 16.6. The van der Waals surface area contributed by atoms with Crippen molar-refractivity contribution in [2.45, 2.75) is 13.5 Å². The maximum atomic E-state index is 12.1. The number of nitrogens with zero attached hydrogens (tertiary/aromatic N) is 1. The van der Waals surface area contributed by atoms with Crippen molar-refractivity contribution in [3.8, 4) is 0 Å². The predicted octanol–water partition coefficient (Wildman–Crippen LogP) is 2.12. The van der Waals surface area contributed by atoms with Crippen LogP contribution in [0.3, 0.4) is 0 Å². The average molecular weight is 312 g/mol. The first-order valence-electron chi connectivity index (χ1n) is 6.85. The van der Waals surface area contributed by atoms with Crippen LogP contribution in [0.1, 0.15) is 27.0 Å². The molecule has 0 heterocycles. The first-order chi connectivity index (χ1) is 10.9. The minimum atomic E-state index is -0.555. The third kappa shape index (κ3) is 3.91. The summed E-state index contributed by atoms with van der Waals surface area (Å²) in [5.41, 5.74) is 7.22. The highest BCUT2D eigenvalue weighted by Crippen LogP contribution is 2.20. The molecule has 4 N–H and O–H groups in total. The third-order valence-corrected chi connectivity index (χ3v) is 3.31. The van der Waals surface area contributed by atoms with Crippen LogP contribution in [0.5, 0.6) is 0 Å².